The highest BCUT2D eigenvalue weighted by Gasteiger charge is 2.47. The molecule has 0 aromatic heterocycles. The molecule has 1 saturated carbocycles. The van der Waals surface area contributed by atoms with Crippen molar-refractivity contribution in [1.29, 1.82) is 0 Å². The van der Waals surface area contributed by atoms with Crippen molar-refractivity contribution >= 4 is 17.0 Å². The van der Waals surface area contributed by atoms with E-state index in [1.165, 1.54) is 67.7 Å². The van der Waals surface area contributed by atoms with E-state index >= 15 is 0 Å². The molecule has 4 unspecified atom stereocenters. The van der Waals surface area contributed by atoms with Crippen LogP contribution in [0.15, 0.2) is 179 Å². The Morgan fingerprint density at radius 3 is 2.43 bits per heavy atom. The number of nitrogens with zero attached hydrogens (tertiary/aromatic N) is 1. The van der Waals surface area contributed by atoms with Crippen molar-refractivity contribution in [3.05, 3.63) is 208 Å². The van der Waals surface area contributed by atoms with E-state index in [0.29, 0.717) is 11.8 Å². The van der Waals surface area contributed by atoms with E-state index in [1.54, 1.807) is 0 Å². The van der Waals surface area contributed by atoms with E-state index in [0.717, 1.165) is 35.7 Å². The summed E-state index contributed by atoms with van der Waals surface area (Å²) in [5.74, 6) is 3.24. The minimum Gasteiger partial charge on any atom is -0.484 e. The van der Waals surface area contributed by atoms with Crippen molar-refractivity contribution < 1.29 is 4.74 Å². The van der Waals surface area contributed by atoms with Gasteiger partial charge < -0.3 is 10.1 Å². The number of hydrogen-bond acceptors (Lipinski definition) is 2. The van der Waals surface area contributed by atoms with E-state index in [-0.39, 0.29) is 23.5 Å². The van der Waals surface area contributed by atoms with Crippen LogP contribution in [-0.2, 0) is 5.41 Å². The topological polar surface area (TPSA) is 33.6 Å². The molecule has 0 saturated heterocycles. The van der Waals surface area contributed by atoms with Crippen LogP contribution in [0.5, 0.6) is 5.75 Å². The van der Waals surface area contributed by atoms with Crippen LogP contribution in [-0.4, -0.2) is 11.9 Å². The van der Waals surface area contributed by atoms with Crippen LogP contribution in [0.4, 0.5) is 0 Å². The number of allylic oxidation sites excluding steroid dienone is 10. The number of aliphatic imine (C=N–C) groups is 1. The molecule has 0 amide bonds. The van der Waals surface area contributed by atoms with Crippen LogP contribution in [0.1, 0.15) is 85.4 Å². The summed E-state index contributed by atoms with van der Waals surface area (Å²) in [4.78, 5) is 5.18. The average molecular weight is 703 g/mol. The molecule has 1 N–H and O–H groups in total. The summed E-state index contributed by atoms with van der Waals surface area (Å²) in [6, 6.07) is 36.7. The number of amidine groups is 1. The highest BCUT2D eigenvalue weighted by Crippen LogP contribution is 2.57. The lowest BCUT2D eigenvalue weighted by atomic mass is 9.77. The van der Waals surface area contributed by atoms with Crippen molar-refractivity contribution in [3.8, 4) is 5.75 Å². The maximum Gasteiger partial charge on any atom is 0.135 e. The normalized spacial score (nSPS) is 24.7. The molecular weight excluding hydrogens is 657 g/mol. The maximum absolute atomic E-state index is 6.70. The molecule has 0 spiro atoms. The Kier molecular flexibility index (Phi) is 7.77. The van der Waals surface area contributed by atoms with Crippen LogP contribution in [0, 0.1) is 11.8 Å². The molecule has 0 radical (unpaired) electrons. The molecule has 4 aromatic carbocycles. The Balaban J connectivity index is 0.912. The molecular formula is C51H46N2O. The third kappa shape index (κ3) is 5.52. The zero-order chi connectivity index (χ0) is 36.6. The minimum atomic E-state index is -0.0539. The van der Waals surface area contributed by atoms with Gasteiger partial charge in [-0.1, -0.05) is 142 Å². The average Bonchev–Trinajstić information content (AvgIpc) is 3.85. The molecule has 54 heavy (non-hydrogen) atoms. The second kappa shape index (κ2) is 12.7. The fourth-order valence-corrected chi connectivity index (χ4v) is 9.55. The molecule has 266 valence electrons. The molecule has 1 fully saturated rings. The summed E-state index contributed by atoms with van der Waals surface area (Å²) >= 11 is 0. The Morgan fingerprint density at radius 2 is 1.63 bits per heavy atom. The highest BCUT2D eigenvalue weighted by molar-refractivity contribution is 6.00. The van der Waals surface area contributed by atoms with Gasteiger partial charge in [0.2, 0.25) is 0 Å². The molecule has 5 atom stereocenters. The molecule has 3 heteroatoms. The zero-order valence-electron chi connectivity index (χ0n) is 31.3. The maximum atomic E-state index is 6.70. The number of rotatable bonds is 7. The molecule has 10 rings (SSSR count). The van der Waals surface area contributed by atoms with Gasteiger partial charge in [-0.2, -0.15) is 0 Å². The standard InChI is InChI=1S/C51H46N2O/c1-31(33-13-7-5-8-14-33)52-50(36-15-9-6-10-16-36)53-32(2)42-29-38(27-39-30-43(39)42)35-21-19-34(20-22-35)37-23-25-45-44(28-37)48-46(51(45,3)4)26-24-41-40-17-11-12-18-47(40)54-49(41)48/h5-19,21,23-29,31,39,41,43,49H,2,20,22,30H2,1,3-4H3,(H,52,53)/t31-,39?,41?,43?,49?/m0/s1. The van der Waals surface area contributed by atoms with Crippen LogP contribution in [0.2, 0.25) is 0 Å². The summed E-state index contributed by atoms with van der Waals surface area (Å²) in [6.07, 6.45) is 17.6. The third-order valence-electron chi connectivity index (χ3n) is 12.7. The number of nitrogens with one attached hydrogen (secondary N) is 1. The summed E-state index contributed by atoms with van der Waals surface area (Å²) in [7, 11) is 0. The first-order valence-electron chi connectivity index (χ1n) is 19.6. The van der Waals surface area contributed by atoms with Gasteiger partial charge >= 0.3 is 0 Å². The van der Waals surface area contributed by atoms with E-state index in [9.17, 15) is 0 Å². The predicted molar refractivity (Wildman–Crippen MR) is 222 cm³/mol. The molecule has 3 nitrogen and oxygen atoms in total. The first kappa shape index (κ1) is 32.9. The van der Waals surface area contributed by atoms with Crippen LogP contribution in [0.3, 0.4) is 0 Å². The molecule has 1 aliphatic heterocycles. The number of para-hydroxylation sites is 1. The second-order valence-electron chi connectivity index (χ2n) is 16.3. The zero-order valence-corrected chi connectivity index (χ0v) is 31.3. The summed E-state index contributed by atoms with van der Waals surface area (Å²) < 4.78 is 6.70. The number of benzene rings is 4. The lowest BCUT2D eigenvalue weighted by Crippen LogP contribution is -2.26. The van der Waals surface area contributed by atoms with Crippen molar-refractivity contribution in [2.75, 3.05) is 0 Å². The van der Waals surface area contributed by atoms with Gasteiger partial charge in [0.25, 0.3) is 0 Å². The van der Waals surface area contributed by atoms with Crippen molar-refractivity contribution in [2.45, 2.75) is 63.5 Å². The van der Waals surface area contributed by atoms with E-state index in [4.69, 9.17) is 9.73 Å². The SMILES string of the molecule is C=C(NC(=N[C@@H](C)c1ccccc1)c1ccccc1)C1=CC(C2=CC=C(c3ccc4c(c3)C3=C(C=CC5c6ccccc6OC35)C4(C)C)CC2)=CC2CC12. The second-order valence-corrected chi connectivity index (χ2v) is 16.3. The monoisotopic (exact) mass is 702 g/mol. The minimum absolute atomic E-state index is 0.0140. The molecule has 4 aromatic rings. The van der Waals surface area contributed by atoms with E-state index in [2.05, 4.69) is 172 Å². The first-order valence-corrected chi connectivity index (χ1v) is 19.6. The summed E-state index contributed by atoms with van der Waals surface area (Å²) in [5.41, 5.74) is 16.8. The van der Waals surface area contributed by atoms with Crippen LogP contribution in [0.25, 0.3) is 11.1 Å². The molecule has 6 aliphatic rings. The van der Waals surface area contributed by atoms with Crippen molar-refractivity contribution in [3.63, 3.8) is 0 Å². The summed E-state index contributed by atoms with van der Waals surface area (Å²) in [5, 5.41) is 3.69. The third-order valence-corrected chi connectivity index (χ3v) is 12.7. The molecule has 5 aliphatic carbocycles. The first-order chi connectivity index (χ1) is 26.3. The molecule has 0 bridgehead atoms. The number of hydrogen-bond donors (Lipinski definition) is 1. The lowest BCUT2D eigenvalue weighted by Gasteiger charge is -2.27. The highest BCUT2D eigenvalue weighted by atomic mass is 16.5. The summed E-state index contributed by atoms with van der Waals surface area (Å²) in [6.45, 7) is 11.5. The Hall–Kier alpha value is -5.67. The van der Waals surface area contributed by atoms with Gasteiger partial charge in [-0.05, 0) is 106 Å². The van der Waals surface area contributed by atoms with Crippen molar-refractivity contribution in [1.82, 2.24) is 5.32 Å². The number of ether oxygens (including phenoxy) is 1. The lowest BCUT2D eigenvalue weighted by molar-refractivity contribution is 0.277. The molecule has 1 heterocycles. The largest absolute Gasteiger partial charge is 0.484 e. The van der Waals surface area contributed by atoms with Crippen molar-refractivity contribution in [2.24, 2.45) is 16.8 Å². The van der Waals surface area contributed by atoms with Gasteiger partial charge in [0.1, 0.15) is 17.7 Å². The number of fused-ring (bicyclic) bond motifs is 7. The Morgan fingerprint density at radius 1 is 0.889 bits per heavy atom. The fraction of sp³-hybridized carbons (Fsp3) is 0.235. The Bertz CT molecular complexity index is 2430. The predicted octanol–water partition coefficient (Wildman–Crippen LogP) is 11.8. The Labute approximate surface area is 319 Å². The van der Waals surface area contributed by atoms with Gasteiger partial charge in [-0.15, -0.1) is 0 Å². The van der Waals surface area contributed by atoms with Gasteiger partial charge in [0.15, 0.2) is 0 Å². The van der Waals surface area contributed by atoms with Gasteiger partial charge in [-0.25, -0.2) is 0 Å². The van der Waals surface area contributed by atoms with Gasteiger partial charge in [0.05, 0.1) is 6.04 Å². The smallest absolute Gasteiger partial charge is 0.135 e. The van der Waals surface area contributed by atoms with E-state index in [1.807, 2.05) is 0 Å². The van der Waals surface area contributed by atoms with E-state index < -0.39 is 0 Å². The van der Waals surface area contributed by atoms with Gasteiger partial charge in [0, 0.05) is 33.7 Å². The van der Waals surface area contributed by atoms with Gasteiger partial charge in [-0.3, -0.25) is 4.99 Å². The fourth-order valence-electron chi connectivity index (χ4n) is 9.55. The van der Waals surface area contributed by atoms with Crippen LogP contribution >= 0.6 is 0 Å². The quantitative estimate of drug-likeness (QED) is 0.154. The van der Waals surface area contributed by atoms with Crippen LogP contribution < -0.4 is 10.1 Å².